The summed E-state index contributed by atoms with van der Waals surface area (Å²) in [6, 6.07) is 16.2. The highest BCUT2D eigenvalue weighted by Crippen LogP contribution is 2.36. The number of amides is 1. The Hall–Kier alpha value is -1.59. The van der Waals surface area contributed by atoms with Crippen molar-refractivity contribution < 1.29 is 9.53 Å². The second-order valence-electron chi connectivity index (χ2n) is 7.07. The molecule has 4 nitrogen and oxygen atoms in total. The highest BCUT2D eigenvalue weighted by molar-refractivity contribution is 6.30. The van der Waals surface area contributed by atoms with Gasteiger partial charge in [-0.25, -0.2) is 0 Å². The first-order valence-corrected chi connectivity index (χ1v) is 9.51. The average Bonchev–Trinajstić information content (AvgIpc) is 3.16. The highest BCUT2D eigenvalue weighted by atomic mass is 35.5. The molecular weight excluding hydrogens is 383 g/mol. The molecule has 2 N–H and O–H groups in total. The van der Waals surface area contributed by atoms with E-state index in [1.165, 1.54) is 5.56 Å². The van der Waals surface area contributed by atoms with Gasteiger partial charge in [0, 0.05) is 18.1 Å². The van der Waals surface area contributed by atoms with Crippen LogP contribution in [0.25, 0.3) is 0 Å². The molecule has 1 saturated heterocycles. The fraction of sp³-hybridized carbons (Fsp3) is 0.381. The number of ether oxygens (including phenoxy) is 1. The van der Waals surface area contributed by atoms with Crippen LogP contribution in [-0.4, -0.2) is 29.6 Å². The number of hydrogen-bond donors (Lipinski definition) is 1. The molecule has 2 aliphatic heterocycles. The van der Waals surface area contributed by atoms with Gasteiger partial charge in [0.25, 0.3) is 5.91 Å². The molecular formula is C21H24Cl2N2O2. The van der Waals surface area contributed by atoms with E-state index in [0.717, 1.165) is 30.4 Å². The van der Waals surface area contributed by atoms with Crippen LogP contribution in [0.3, 0.4) is 0 Å². The number of carbonyl (C=O) groups excluding carboxylic acids is 1. The molecule has 3 atom stereocenters. The normalized spacial score (nSPS) is 24.2. The Bertz CT molecular complexity index is 800. The van der Waals surface area contributed by atoms with Gasteiger partial charge in [-0.1, -0.05) is 48.0 Å². The van der Waals surface area contributed by atoms with E-state index in [0.29, 0.717) is 18.1 Å². The predicted octanol–water partition coefficient (Wildman–Crippen LogP) is 3.89. The van der Waals surface area contributed by atoms with Crippen molar-refractivity contribution in [3.8, 4) is 0 Å². The number of nitrogens with zero attached hydrogens (tertiary/aromatic N) is 1. The Kier molecular flexibility index (Phi) is 6.43. The molecule has 0 radical (unpaired) electrons. The van der Waals surface area contributed by atoms with Crippen molar-refractivity contribution >= 4 is 29.9 Å². The van der Waals surface area contributed by atoms with E-state index in [9.17, 15) is 4.79 Å². The zero-order valence-corrected chi connectivity index (χ0v) is 16.6. The highest BCUT2D eigenvalue weighted by Gasteiger charge is 2.38. The molecule has 0 spiro atoms. The summed E-state index contributed by atoms with van der Waals surface area (Å²) in [6.45, 7) is 1.02. The van der Waals surface area contributed by atoms with E-state index in [2.05, 4.69) is 18.2 Å². The number of benzene rings is 2. The molecule has 6 heteroatoms. The molecule has 0 bridgehead atoms. The number of rotatable bonds is 3. The van der Waals surface area contributed by atoms with Crippen molar-refractivity contribution in [2.24, 2.45) is 5.73 Å². The van der Waals surface area contributed by atoms with Crippen molar-refractivity contribution in [3.63, 3.8) is 0 Å². The van der Waals surface area contributed by atoms with Gasteiger partial charge in [0.15, 0.2) is 0 Å². The third kappa shape index (κ3) is 4.14. The molecule has 4 rings (SSSR count). The lowest BCUT2D eigenvalue weighted by Gasteiger charge is -2.38. The van der Waals surface area contributed by atoms with Gasteiger partial charge in [0.1, 0.15) is 6.10 Å². The molecule has 2 heterocycles. The molecule has 0 aromatic heterocycles. The lowest BCUT2D eigenvalue weighted by Crippen LogP contribution is -2.44. The smallest absolute Gasteiger partial charge is 0.252 e. The van der Waals surface area contributed by atoms with E-state index < -0.39 is 6.10 Å². The lowest BCUT2D eigenvalue weighted by molar-refractivity contribution is -0.146. The Labute approximate surface area is 171 Å². The van der Waals surface area contributed by atoms with Gasteiger partial charge in [-0.05, 0) is 48.1 Å². The van der Waals surface area contributed by atoms with Gasteiger partial charge in [0.05, 0.1) is 12.1 Å². The Morgan fingerprint density at radius 2 is 1.93 bits per heavy atom. The fourth-order valence-electron chi connectivity index (χ4n) is 4.00. The SMILES string of the molecule is Cl.NC[C@H]1CC[C@@H](C(=O)N2Cc3cc(Cl)ccc3CC2c2ccccc2)O1. The maximum atomic E-state index is 13.3. The molecule has 0 saturated carbocycles. The quantitative estimate of drug-likeness (QED) is 0.840. The maximum absolute atomic E-state index is 13.3. The molecule has 1 amide bonds. The molecule has 2 aromatic rings. The Morgan fingerprint density at radius 1 is 1.15 bits per heavy atom. The molecule has 0 aliphatic carbocycles. The average molecular weight is 407 g/mol. The van der Waals surface area contributed by atoms with Crippen molar-refractivity contribution in [3.05, 3.63) is 70.2 Å². The summed E-state index contributed by atoms with van der Waals surface area (Å²) in [5.74, 6) is 0.0560. The monoisotopic (exact) mass is 406 g/mol. The minimum atomic E-state index is -0.393. The number of carbonyl (C=O) groups is 1. The fourth-order valence-corrected chi connectivity index (χ4v) is 4.20. The Morgan fingerprint density at radius 3 is 2.63 bits per heavy atom. The van der Waals surface area contributed by atoms with Crippen LogP contribution in [0.15, 0.2) is 48.5 Å². The molecule has 1 unspecified atom stereocenters. The molecule has 2 aliphatic rings. The van der Waals surface area contributed by atoms with Crippen molar-refractivity contribution in [2.45, 2.75) is 44.1 Å². The van der Waals surface area contributed by atoms with E-state index in [-0.39, 0.29) is 30.5 Å². The topological polar surface area (TPSA) is 55.6 Å². The van der Waals surface area contributed by atoms with Crippen LogP contribution in [0.4, 0.5) is 0 Å². The van der Waals surface area contributed by atoms with Crippen LogP contribution in [0.5, 0.6) is 0 Å². The van der Waals surface area contributed by atoms with Crippen molar-refractivity contribution in [1.29, 1.82) is 0 Å². The summed E-state index contributed by atoms with van der Waals surface area (Å²) in [6.07, 6.45) is 1.97. The molecule has 27 heavy (non-hydrogen) atoms. The number of halogens is 2. The summed E-state index contributed by atoms with van der Waals surface area (Å²) >= 11 is 6.18. The maximum Gasteiger partial charge on any atom is 0.252 e. The molecule has 1 fully saturated rings. The third-order valence-corrected chi connectivity index (χ3v) is 5.65. The van der Waals surface area contributed by atoms with Gasteiger partial charge >= 0.3 is 0 Å². The van der Waals surface area contributed by atoms with Crippen LogP contribution in [0, 0.1) is 0 Å². The summed E-state index contributed by atoms with van der Waals surface area (Å²) in [7, 11) is 0. The second-order valence-corrected chi connectivity index (χ2v) is 7.51. The first-order valence-electron chi connectivity index (χ1n) is 9.14. The summed E-state index contributed by atoms with van der Waals surface area (Å²) in [5.41, 5.74) is 9.22. The van der Waals surface area contributed by atoms with E-state index in [4.69, 9.17) is 22.1 Å². The summed E-state index contributed by atoms with van der Waals surface area (Å²) < 4.78 is 5.88. The van der Waals surface area contributed by atoms with Crippen LogP contribution < -0.4 is 5.73 Å². The standard InChI is InChI=1S/C21H23ClN2O2.ClH/c22-17-7-6-15-11-19(14-4-2-1-3-5-14)24(13-16(15)10-17)21(25)20-9-8-18(12-23)26-20;/h1-7,10,18-20H,8-9,11-13,23H2;1H/t18-,19?,20+;/m1./s1. The van der Waals surface area contributed by atoms with Crippen LogP contribution in [-0.2, 0) is 22.5 Å². The summed E-state index contributed by atoms with van der Waals surface area (Å²) in [4.78, 5) is 15.2. The van der Waals surface area contributed by atoms with Crippen LogP contribution in [0.2, 0.25) is 5.02 Å². The minimum absolute atomic E-state index is 0. The van der Waals surface area contributed by atoms with Gasteiger partial charge in [-0.3, -0.25) is 4.79 Å². The van der Waals surface area contributed by atoms with E-state index in [1.54, 1.807) is 0 Å². The van der Waals surface area contributed by atoms with Gasteiger partial charge < -0.3 is 15.4 Å². The number of hydrogen-bond acceptors (Lipinski definition) is 3. The van der Waals surface area contributed by atoms with Gasteiger partial charge in [-0.15, -0.1) is 12.4 Å². The number of nitrogens with two attached hydrogens (primary N) is 1. The minimum Gasteiger partial charge on any atom is -0.364 e. The largest absolute Gasteiger partial charge is 0.364 e. The molecule has 2 aromatic carbocycles. The molecule has 144 valence electrons. The zero-order chi connectivity index (χ0) is 18.1. The lowest BCUT2D eigenvalue weighted by atomic mass is 9.89. The zero-order valence-electron chi connectivity index (χ0n) is 15.0. The van der Waals surface area contributed by atoms with Crippen LogP contribution >= 0.6 is 24.0 Å². The van der Waals surface area contributed by atoms with Crippen molar-refractivity contribution in [1.82, 2.24) is 4.90 Å². The van der Waals surface area contributed by atoms with Gasteiger partial charge in [0.2, 0.25) is 0 Å². The van der Waals surface area contributed by atoms with Gasteiger partial charge in [-0.2, -0.15) is 0 Å². The Balaban J connectivity index is 0.00000210. The first kappa shape index (κ1) is 20.2. The third-order valence-electron chi connectivity index (χ3n) is 5.41. The van der Waals surface area contributed by atoms with E-state index in [1.807, 2.05) is 35.2 Å². The van der Waals surface area contributed by atoms with Crippen LogP contribution in [0.1, 0.15) is 35.6 Å². The van der Waals surface area contributed by atoms with E-state index >= 15 is 0 Å². The second kappa shape index (κ2) is 8.61. The first-order chi connectivity index (χ1) is 12.7. The number of fused-ring (bicyclic) bond motifs is 1. The van der Waals surface area contributed by atoms with Crippen molar-refractivity contribution in [2.75, 3.05) is 6.54 Å². The summed E-state index contributed by atoms with van der Waals surface area (Å²) in [5, 5.41) is 0.703. The predicted molar refractivity (Wildman–Crippen MR) is 109 cm³/mol.